The van der Waals surface area contributed by atoms with Gasteiger partial charge in [0.2, 0.25) is 5.91 Å². The van der Waals surface area contributed by atoms with Crippen molar-refractivity contribution in [3.63, 3.8) is 0 Å². The van der Waals surface area contributed by atoms with Crippen LogP contribution in [0, 0.1) is 5.92 Å². The van der Waals surface area contributed by atoms with Crippen LogP contribution in [0.4, 0.5) is 4.79 Å². The molecule has 0 N–H and O–H groups in total. The number of carbonyl (C=O) groups is 2. The van der Waals surface area contributed by atoms with Gasteiger partial charge < -0.3 is 14.7 Å². The van der Waals surface area contributed by atoms with Gasteiger partial charge in [-0.05, 0) is 52.4 Å². The van der Waals surface area contributed by atoms with Crippen molar-refractivity contribution in [2.24, 2.45) is 5.92 Å². The Morgan fingerprint density at radius 1 is 0.559 bits per heavy atom. The van der Waals surface area contributed by atoms with Crippen LogP contribution in [0.2, 0.25) is 0 Å². The first kappa shape index (κ1) is 28.8. The first-order valence-electron chi connectivity index (χ1n) is 13.6. The van der Waals surface area contributed by atoms with Gasteiger partial charge in [0.05, 0.1) is 32.0 Å². The Balaban J connectivity index is 2.52. The standard InChI is InChI=1S/C25H51N7O2/c1-9-26(10-2)17-21-22-23(31(24(21)33)19-28(13-5)14-6)32(20-29(15-7)16-8)25(34)30(22)18-27(11-3)12-4/h21-23H,9-20H2,1-8H3. The molecule has 2 saturated heterocycles. The van der Waals surface area contributed by atoms with Crippen molar-refractivity contribution in [3.8, 4) is 0 Å². The van der Waals surface area contributed by atoms with Crippen molar-refractivity contribution in [1.29, 1.82) is 0 Å². The fraction of sp³-hybridized carbons (Fsp3) is 0.920. The molecular weight excluding hydrogens is 430 g/mol. The predicted octanol–water partition coefficient (Wildman–Crippen LogP) is 2.12. The minimum absolute atomic E-state index is 0.0652. The average Bonchev–Trinajstić information content (AvgIpc) is 3.27. The van der Waals surface area contributed by atoms with Crippen molar-refractivity contribution in [2.45, 2.75) is 67.6 Å². The quantitative estimate of drug-likeness (QED) is 0.337. The second-order valence-corrected chi connectivity index (χ2v) is 9.36. The predicted molar refractivity (Wildman–Crippen MR) is 138 cm³/mol. The molecule has 0 aromatic heterocycles. The Hall–Kier alpha value is -1.42. The molecule has 0 saturated carbocycles. The normalized spacial score (nSPS) is 23.1. The first-order chi connectivity index (χ1) is 16.3. The molecular formula is C25H51N7O2. The number of hydrogen-bond donors (Lipinski definition) is 0. The van der Waals surface area contributed by atoms with Gasteiger partial charge in [0, 0.05) is 6.54 Å². The van der Waals surface area contributed by atoms with Crippen molar-refractivity contribution >= 4 is 11.9 Å². The molecule has 0 aliphatic carbocycles. The second-order valence-electron chi connectivity index (χ2n) is 9.36. The van der Waals surface area contributed by atoms with E-state index in [1.54, 1.807) is 0 Å². The number of rotatable bonds is 16. The molecule has 3 unspecified atom stereocenters. The third kappa shape index (κ3) is 6.04. The van der Waals surface area contributed by atoms with E-state index in [1.807, 2.05) is 14.7 Å². The molecule has 9 nitrogen and oxygen atoms in total. The lowest BCUT2D eigenvalue weighted by atomic mass is 10.00. The van der Waals surface area contributed by atoms with E-state index >= 15 is 0 Å². The zero-order valence-electron chi connectivity index (χ0n) is 23.2. The smallest absolute Gasteiger partial charge is 0.306 e. The van der Waals surface area contributed by atoms with Crippen molar-refractivity contribution in [2.75, 3.05) is 78.9 Å². The molecule has 0 aromatic rings. The zero-order valence-corrected chi connectivity index (χ0v) is 23.2. The molecule has 9 heteroatoms. The van der Waals surface area contributed by atoms with Gasteiger partial charge in [-0.15, -0.1) is 0 Å². The van der Waals surface area contributed by atoms with Gasteiger partial charge in [-0.1, -0.05) is 55.4 Å². The summed E-state index contributed by atoms with van der Waals surface area (Å²) in [7, 11) is 0. The van der Waals surface area contributed by atoms with Crippen molar-refractivity contribution < 1.29 is 9.59 Å². The third-order valence-corrected chi connectivity index (χ3v) is 7.90. The summed E-state index contributed by atoms with van der Waals surface area (Å²) in [6.45, 7) is 26.6. The molecule has 0 aromatic carbocycles. The fourth-order valence-electron chi connectivity index (χ4n) is 5.33. The Bertz CT molecular complexity index is 531. The molecule has 198 valence electrons. The third-order valence-electron chi connectivity index (χ3n) is 7.90. The monoisotopic (exact) mass is 481 g/mol. The van der Waals surface area contributed by atoms with Crippen molar-refractivity contribution in [3.05, 3.63) is 0 Å². The van der Waals surface area contributed by atoms with Gasteiger partial charge >= 0.3 is 6.03 Å². The average molecular weight is 482 g/mol. The molecule has 3 amide bonds. The van der Waals surface area contributed by atoms with Gasteiger partial charge in [-0.2, -0.15) is 0 Å². The van der Waals surface area contributed by atoms with Gasteiger partial charge in [-0.25, -0.2) is 4.79 Å². The van der Waals surface area contributed by atoms with Crippen molar-refractivity contribution in [1.82, 2.24) is 34.3 Å². The molecule has 3 atom stereocenters. The molecule has 2 aliphatic heterocycles. The van der Waals surface area contributed by atoms with E-state index in [0.717, 1.165) is 52.4 Å². The molecule has 2 aliphatic rings. The van der Waals surface area contributed by atoms with Crippen LogP contribution in [0.1, 0.15) is 55.4 Å². The summed E-state index contributed by atoms with van der Waals surface area (Å²) < 4.78 is 0. The Labute approximate surface area is 208 Å². The molecule has 0 bridgehead atoms. The second kappa shape index (κ2) is 13.6. The van der Waals surface area contributed by atoms with Gasteiger partial charge in [-0.3, -0.25) is 24.4 Å². The summed E-state index contributed by atoms with van der Waals surface area (Å²) in [5.41, 5.74) is 0. The van der Waals surface area contributed by atoms with Crippen LogP contribution in [0.5, 0.6) is 0 Å². The molecule has 2 rings (SSSR count). The maximum atomic E-state index is 14.0. The number of likely N-dealkylation sites (tertiary alicyclic amines) is 1. The van der Waals surface area contributed by atoms with Gasteiger partial charge in [0.25, 0.3) is 0 Å². The summed E-state index contributed by atoms with van der Waals surface area (Å²) in [6, 6.07) is -0.0669. The van der Waals surface area contributed by atoms with Crippen LogP contribution in [-0.4, -0.2) is 137 Å². The number of hydrogen-bond acceptors (Lipinski definition) is 6. The maximum Gasteiger partial charge on any atom is 0.324 e. The molecule has 0 radical (unpaired) electrons. The first-order valence-corrected chi connectivity index (χ1v) is 13.6. The number of amides is 3. The highest BCUT2D eigenvalue weighted by atomic mass is 16.2. The van der Waals surface area contributed by atoms with Gasteiger partial charge in [0.1, 0.15) is 6.17 Å². The summed E-state index contributed by atoms with van der Waals surface area (Å²) in [6.07, 6.45) is -0.225. The van der Waals surface area contributed by atoms with E-state index in [9.17, 15) is 9.59 Å². The molecule has 0 spiro atoms. The van der Waals surface area contributed by atoms with Crippen LogP contribution in [-0.2, 0) is 4.79 Å². The maximum absolute atomic E-state index is 14.0. The Morgan fingerprint density at radius 3 is 1.35 bits per heavy atom. The molecule has 2 fully saturated rings. The highest BCUT2D eigenvalue weighted by Crippen LogP contribution is 2.38. The number of fused-ring (bicyclic) bond motifs is 1. The summed E-state index contributed by atoms with van der Waals surface area (Å²) >= 11 is 0. The van der Waals surface area contributed by atoms with E-state index < -0.39 is 0 Å². The Kier molecular flexibility index (Phi) is 11.5. The van der Waals surface area contributed by atoms with E-state index in [2.05, 4.69) is 75.0 Å². The van der Waals surface area contributed by atoms with E-state index in [0.29, 0.717) is 26.6 Å². The SMILES string of the molecule is CCN(CC)CC1C(=O)N(CN(CC)CC)C2C1N(CN(CC)CC)C(=O)N2CN(CC)CC. The summed E-state index contributed by atoms with van der Waals surface area (Å²) in [5, 5.41) is 0. The van der Waals surface area contributed by atoms with Crippen LogP contribution in [0.3, 0.4) is 0 Å². The fourth-order valence-corrected chi connectivity index (χ4v) is 5.33. The molecule has 34 heavy (non-hydrogen) atoms. The number of nitrogens with zero attached hydrogens (tertiary/aromatic N) is 7. The van der Waals surface area contributed by atoms with Gasteiger partial charge in [0.15, 0.2) is 0 Å². The molecule has 2 heterocycles. The zero-order chi connectivity index (χ0) is 25.4. The van der Waals surface area contributed by atoms with Crippen LogP contribution in [0.25, 0.3) is 0 Å². The Morgan fingerprint density at radius 2 is 0.941 bits per heavy atom. The lowest BCUT2D eigenvalue weighted by Crippen LogP contribution is -2.53. The summed E-state index contributed by atoms with van der Waals surface area (Å²) in [4.78, 5) is 43.1. The highest BCUT2D eigenvalue weighted by Gasteiger charge is 2.60. The number of carbonyl (C=O) groups excluding carboxylic acids is 2. The van der Waals surface area contributed by atoms with Crippen LogP contribution < -0.4 is 0 Å². The summed E-state index contributed by atoms with van der Waals surface area (Å²) in [5.74, 6) is -0.0166. The topological polar surface area (TPSA) is 56.8 Å². The van der Waals surface area contributed by atoms with E-state index in [1.165, 1.54) is 0 Å². The van der Waals surface area contributed by atoms with E-state index in [4.69, 9.17) is 0 Å². The lowest BCUT2D eigenvalue weighted by molar-refractivity contribution is -0.136. The van der Waals surface area contributed by atoms with Crippen LogP contribution >= 0.6 is 0 Å². The van der Waals surface area contributed by atoms with E-state index in [-0.39, 0.29) is 30.1 Å². The minimum atomic E-state index is -0.225. The minimum Gasteiger partial charge on any atom is -0.306 e. The largest absolute Gasteiger partial charge is 0.324 e. The lowest BCUT2D eigenvalue weighted by Gasteiger charge is -2.36. The number of urea groups is 1. The highest BCUT2D eigenvalue weighted by molar-refractivity contribution is 5.88. The van der Waals surface area contributed by atoms with Crippen LogP contribution in [0.15, 0.2) is 0 Å².